The van der Waals surface area contributed by atoms with Crippen LogP contribution in [0.5, 0.6) is 23.0 Å². The smallest absolute Gasteiger partial charge is 0.162 e. The molecule has 0 fully saturated rings. The van der Waals surface area contributed by atoms with Crippen LogP contribution in [0.1, 0.15) is 45.7 Å². The van der Waals surface area contributed by atoms with Gasteiger partial charge >= 0.3 is 0 Å². The Hall–Kier alpha value is -3.65. The summed E-state index contributed by atoms with van der Waals surface area (Å²) in [7, 11) is 0. The summed E-state index contributed by atoms with van der Waals surface area (Å²) in [5, 5.41) is 11.8. The van der Waals surface area contributed by atoms with Crippen molar-refractivity contribution in [2.45, 2.75) is 26.3 Å². The van der Waals surface area contributed by atoms with Crippen LogP contribution in [0.2, 0.25) is 20.1 Å². The summed E-state index contributed by atoms with van der Waals surface area (Å²) in [6.07, 6.45) is 3.22. The Labute approximate surface area is 300 Å². The molecule has 0 spiro atoms. The number of halogens is 5. The lowest BCUT2D eigenvalue weighted by Crippen LogP contribution is -2.02. The van der Waals surface area contributed by atoms with Gasteiger partial charge in [-0.2, -0.15) is 0 Å². The molecule has 0 aliphatic carbocycles. The van der Waals surface area contributed by atoms with E-state index in [2.05, 4.69) is 13.2 Å². The molecule has 0 amide bonds. The van der Waals surface area contributed by atoms with Crippen molar-refractivity contribution in [3.63, 3.8) is 0 Å². The van der Waals surface area contributed by atoms with Crippen molar-refractivity contribution < 1.29 is 28.9 Å². The number of phenols is 1. The maximum absolute atomic E-state index is 11.5. The van der Waals surface area contributed by atoms with Crippen LogP contribution >= 0.6 is 58.0 Å². The molecule has 4 aromatic rings. The molecule has 0 bridgehead atoms. The number of hydrogen-bond acceptors (Lipinski definition) is 6. The molecule has 0 atom stereocenters. The van der Waals surface area contributed by atoms with E-state index in [0.717, 1.165) is 11.1 Å². The average Bonchev–Trinajstić information content (AvgIpc) is 3.03. The SMILES string of the molecule is C=CCOc1ccc(C(C)=O)cc1O.C=CCOc1ccc(C(C)=O)cc1OCc1ccc(Cl)cc1Cl.ClCc1ccc(Cl)cc1Cl. The summed E-state index contributed by atoms with van der Waals surface area (Å²) in [6, 6.07) is 20.1. The molecule has 4 rings (SSSR count). The van der Waals surface area contributed by atoms with Crippen LogP contribution in [-0.4, -0.2) is 29.9 Å². The topological polar surface area (TPSA) is 82.1 Å². The van der Waals surface area contributed by atoms with Gasteiger partial charge in [0.2, 0.25) is 0 Å². The van der Waals surface area contributed by atoms with Crippen LogP contribution in [0.3, 0.4) is 0 Å². The molecular weight excluding hydrogens is 706 g/mol. The number of rotatable bonds is 12. The van der Waals surface area contributed by atoms with E-state index in [0.29, 0.717) is 67.6 Å². The Morgan fingerprint density at radius 1 is 0.660 bits per heavy atom. The van der Waals surface area contributed by atoms with Gasteiger partial charge in [-0.1, -0.05) is 83.8 Å². The summed E-state index contributed by atoms with van der Waals surface area (Å²) in [5.41, 5.74) is 2.72. The second-order valence-electron chi connectivity index (χ2n) is 9.55. The molecule has 0 radical (unpaired) electrons. The van der Waals surface area contributed by atoms with E-state index in [1.165, 1.54) is 19.9 Å². The number of carbonyl (C=O) groups is 2. The first-order valence-corrected chi connectivity index (χ1v) is 16.0. The predicted octanol–water partition coefficient (Wildman–Crippen LogP) is 11.2. The summed E-state index contributed by atoms with van der Waals surface area (Å²) < 4.78 is 16.5. The van der Waals surface area contributed by atoms with Crippen LogP contribution < -0.4 is 14.2 Å². The molecule has 248 valence electrons. The largest absolute Gasteiger partial charge is 0.504 e. The molecule has 0 heterocycles. The highest BCUT2D eigenvalue weighted by atomic mass is 35.5. The third-order valence-electron chi connectivity index (χ3n) is 5.99. The van der Waals surface area contributed by atoms with Gasteiger partial charge in [0.15, 0.2) is 34.6 Å². The first-order chi connectivity index (χ1) is 22.4. The van der Waals surface area contributed by atoms with Crippen LogP contribution in [-0.2, 0) is 12.5 Å². The van der Waals surface area contributed by atoms with E-state index < -0.39 is 0 Å². The summed E-state index contributed by atoms with van der Waals surface area (Å²) >= 11 is 29.0. The first-order valence-electron chi connectivity index (χ1n) is 13.9. The zero-order valence-electron chi connectivity index (χ0n) is 25.7. The Bertz CT molecular complexity index is 1690. The minimum atomic E-state index is -0.0874. The highest BCUT2D eigenvalue weighted by Crippen LogP contribution is 2.31. The monoisotopic (exact) mass is 736 g/mol. The second-order valence-corrected chi connectivity index (χ2v) is 11.5. The van der Waals surface area contributed by atoms with Crippen LogP contribution in [0.15, 0.2) is 98.1 Å². The molecule has 0 saturated heterocycles. The molecular formula is C36H33Cl5O6. The maximum atomic E-state index is 11.5. The van der Waals surface area contributed by atoms with Crippen LogP contribution in [0.25, 0.3) is 0 Å². The molecule has 1 N–H and O–H groups in total. The molecule has 0 aliphatic heterocycles. The first kappa shape index (κ1) is 39.5. The van der Waals surface area contributed by atoms with E-state index in [9.17, 15) is 14.7 Å². The molecule has 0 saturated carbocycles. The average molecular weight is 739 g/mol. The quantitative estimate of drug-likeness (QED) is 0.0885. The van der Waals surface area contributed by atoms with Crippen molar-refractivity contribution in [1.29, 1.82) is 0 Å². The van der Waals surface area contributed by atoms with E-state index in [4.69, 9.17) is 72.2 Å². The number of carbonyl (C=O) groups excluding carboxylic acids is 2. The Morgan fingerprint density at radius 3 is 1.62 bits per heavy atom. The molecule has 4 aromatic carbocycles. The van der Waals surface area contributed by atoms with E-state index in [1.807, 2.05) is 6.07 Å². The fourth-order valence-corrected chi connectivity index (χ4v) is 4.78. The molecule has 0 unspecified atom stereocenters. The van der Waals surface area contributed by atoms with Gasteiger partial charge in [0.25, 0.3) is 0 Å². The van der Waals surface area contributed by atoms with Crippen molar-refractivity contribution in [2.24, 2.45) is 0 Å². The van der Waals surface area contributed by atoms with Gasteiger partial charge in [-0.3, -0.25) is 9.59 Å². The third kappa shape index (κ3) is 13.5. The molecule has 0 aromatic heterocycles. The molecule has 47 heavy (non-hydrogen) atoms. The van der Waals surface area contributed by atoms with Crippen molar-refractivity contribution in [1.82, 2.24) is 0 Å². The number of alkyl halides is 1. The Morgan fingerprint density at radius 2 is 1.15 bits per heavy atom. The van der Waals surface area contributed by atoms with Gasteiger partial charge in [0.1, 0.15) is 19.8 Å². The van der Waals surface area contributed by atoms with Crippen molar-refractivity contribution in [3.05, 3.63) is 140 Å². The summed E-state index contributed by atoms with van der Waals surface area (Å²) in [6.45, 7) is 11.0. The standard InChI is InChI=1S/C18H16Cl2O3.C11H12O3.C7H5Cl3/c1-3-8-22-17-7-5-13(12(2)21)9-18(17)23-11-14-4-6-15(19)10-16(14)20;1-3-6-14-11-5-4-9(8(2)12)7-10(11)13;8-4-5-1-2-6(9)3-7(5)10/h3-7,9-10H,1,8,11H2,2H3;3-5,7,13H,1,6H2,2H3;1-3H,4H2. The highest BCUT2D eigenvalue weighted by molar-refractivity contribution is 6.36. The van der Waals surface area contributed by atoms with Gasteiger partial charge in [-0.25, -0.2) is 0 Å². The van der Waals surface area contributed by atoms with Crippen molar-refractivity contribution in [3.8, 4) is 23.0 Å². The molecule has 11 heteroatoms. The normalized spacial score (nSPS) is 9.94. The van der Waals surface area contributed by atoms with Gasteiger partial charge in [-0.05, 0) is 80.1 Å². The van der Waals surface area contributed by atoms with Gasteiger partial charge in [0, 0.05) is 42.7 Å². The number of benzene rings is 4. The highest BCUT2D eigenvalue weighted by Gasteiger charge is 2.11. The lowest BCUT2D eigenvalue weighted by molar-refractivity contribution is 0.100. The van der Waals surface area contributed by atoms with Crippen LogP contribution in [0, 0.1) is 0 Å². The second kappa shape index (κ2) is 20.6. The maximum Gasteiger partial charge on any atom is 0.162 e. The fourth-order valence-electron chi connectivity index (χ4n) is 3.54. The van der Waals surface area contributed by atoms with Crippen molar-refractivity contribution >= 4 is 69.6 Å². The number of ketones is 2. The number of hydrogen-bond donors (Lipinski definition) is 1. The van der Waals surface area contributed by atoms with E-state index in [-0.39, 0.29) is 23.9 Å². The van der Waals surface area contributed by atoms with E-state index >= 15 is 0 Å². The fraction of sp³-hybridized carbons (Fsp3) is 0.167. The zero-order valence-corrected chi connectivity index (χ0v) is 29.5. The number of Topliss-reactive ketones (excluding diaryl/α,β-unsaturated/α-hetero) is 2. The molecule has 6 nitrogen and oxygen atoms in total. The minimum absolute atomic E-state index is 0.0282. The van der Waals surface area contributed by atoms with Crippen LogP contribution in [0.4, 0.5) is 0 Å². The Kier molecular flexibility index (Phi) is 17.3. The zero-order chi connectivity index (χ0) is 34.9. The number of aromatic hydroxyl groups is 1. The van der Waals surface area contributed by atoms with Crippen molar-refractivity contribution in [2.75, 3.05) is 13.2 Å². The lowest BCUT2D eigenvalue weighted by atomic mass is 10.1. The number of phenolic OH excluding ortho intramolecular Hbond substituents is 1. The summed E-state index contributed by atoms with van der Waals surface area (Å²) in [5.74, 6) is 1.64. The van der Waals surface area contributed by atoms with Gasteiger partial charge in [0.05, 0.1) is 0 Å². The Balaban J connectivity index is 0.000000271. The lowest BCUT2D eigenvalue weighted by Gasteiger charge is -2.13. The summed E-state index contributed by atoms with van der Waals surface area (Å²) in [4.78, 5) is 22.5. The third-order valence-corrected chi connectivity index (χ3v) is 7.45. The van der Waals surface area contributed by atoms with Gasteiger partial charge in [-0.15, -0.1) is 11.6 Å². The van der Waals surface area contributed by atoms with E-state index in [1.54, 1.807) is 72.8 Å². The number of ether oxygens (including phenoxy) is 3. The van der Waals surface area contributed by atoms with Gasteiger partial charge < -0.3 is 19.3 Å². The minimum Gasteiger partial charge on any atom is -0.504 e. The predicted molar refractivity (Wildman–Crippen MR) is 193 cm³/mol. The molecule has 0 aliphatic rings.